The van der Waals surface area contributed by atoms with E-state index in [1.54, 1.807) is 6.92 Å². The average Bonchev–Trinajstić information content (AvgIpc) is 2.56. The van der Waals surface area contributed by atoms with Gasteiger partial charge in [0.25, 0.3) is 5.69 Å². The van der Waals surface area contributed by atoms with Gasteiger partial charge in [0.2, 0.25) is 10.0 Å². The minimum atomic E-state index is -3.86. The Morgan fingerprint density at radius 3 is 2.27 bits per heavy atom. The van der Waals surface area contributed by atoms with E-state index in [-0.39, 0.29) is 23.2 Å². The summed E-state index contributed by atoms with van der Waals surface area (Å²) in [7, 11) is -0.118. The van der Waals surface area contributed by atoms with Crippen LogP contribution < -0.4 is 4.72 Å². The molecule has 0 bridgehead atoms. The number of sulfonamides is 1. The van der Waals surface area contributed by atoms with Crippen LogP contribution in [0.15, 0.2) is 47.4 Å². The monoisotopic (exact) mass is 377 g/mol. The van der Waals surface area contributed by atoms with Gasteiger partial charge < -0.3 is 4.90 Å². The number of nitro groups is 1. The molecule has 140 valence electrons. The largest absolute Gasteiger partial charge is 0.301 e. The van der Waals surface area contributed by atoms with Crippen LogP contribution in [0.3, 0.4) is 0 Å². The third kappa shape index (κ3) is 4.66. The number of likely N-dealkylation sites (N-methyl/N-ethyl adjacent to an activating group) is 1. The van der Waals surface area contributed by atoms with Crippen LogP contribution in [-0.2, 0) is 10.0 Å². The first-order valence-electron chi connectivity index (χ1n) is 8.09. The second-order valence-corrected chi connectivity index (χ2v) is 8.21. The van der Waals surface area contributed by atoms with Crippen LogP contribution in [0.25, 0.3) is 0 Å². The molecule has 0 aliphatic rings. The van der Waals surface area contributed by atoms with Crippen molar-refractivity contribution < 1.29 is 13.3 Å². The Morgan fingerprint density at radius 2 is 1.73 bits per heavy atom. The maximum atomic E-state index is 12.6. The van der Waals surface area contributed by atoms with Gasteiger partial charge in [-0.15, -0.1) is 0 Å². The second kappa shape index (κ2) is 7.94. The van der Waals surface area contributed by atoms with Crippen LogP contribution in [0.2, 0.25) is 0 Å². The van der Waals surface area contributed by atoms with Gasteiger partial charge in [0, 0.05) is 24.2 Å². The highest BCUT2D eigenvalue weighted by Crippen LogP contribution is 2.23. The maximum absolute atomic E-state index is 12.6. The van der Waals surface area contributed by atoms with E-state index in [2.05, 4.69) is 4.72 Å². The normalized spacial score (nSPS) is 13.0. The van der Waals surface area contributed by atoms with Crippen molar-refractivity contribution in [2.24, 2.45) is 0 Å². The first-order chi connectivity index (χ1) is 12.1. The summed E-state index contributed by atoms with van der Waals surface area (Å²) in [5.41, 5.74) is 2.31. The number of benzene rings is 2. The summed E-state index contributed by atoms with van der Waals surface area (Å²) in [6.45, 7) is 3.71. The Balaban J connectivity index is 2.24. The van der Waals surface area contributed by atoms with Crippen molar-refractivity contribution in [1.82, 2.24) is 9.62 Å². The zero-order valence-electron chi connectivity index (χ0n) is 15.3. The summed E-state index contributed by atoms with van der Waals surface area (Å²) in [5.74, 6) is 0. The van der Waals surface area contributed by atoms with Gasteiger partial charge in [0.15, 0.2) is 0 Å². The van der Waals surface area contributed by atoms with E-state index in [9.17, 15) is 18.5 Å². The lowest BCUT2D eigenvalue weighted by molar-refractivity contribution is -0.385. The highest BCUT2D eigenvalue weighted by molar-refractivity contribution is 7.89. The third-order valence-electron chi connectivity index (χ3n) is 4.24. The molecule has 0 aliphatic heterocycles. The number of nitro benzene ring substituents is 1. The summed E-state index contributed by atoms with van der Waals surface area (Å²) in [6.07, 6.45) is 0. The molecule has 0 amide bonds. The molecule has 1 unspecified atom stereocenters. The van der Waals surface area contributed by atoms with Crippen molar-refractivity contribution in [3.8, 4) is 0 Å². The molecule has 7 nitrogen and oxygen atoms in total. The summed E-state index contributed by atoms with van der Waals surface area (Å²) in [6, 6.07) is 11.6. The SMILES string of the molecule is Cc1ccc(C(CNS(=O)(=O)c2ccc(C)c([N+](=O)[O-])c2)N(C)C)cc1. The van der Waals surface area contributed by atoms with Crippen LogP contribution in [-0.4, -0.2) is 38.9 Å². The van der Waals surface area contributed by atoms with E-state index in [1.807, 2.05) is 50.2 Å². The number of nitrogens with one attached hydrogen (secondary N) is 1. The van der Waals surface area contributed by atoms with Gasteiger partial charge in [-0.3, -0.25) is 10.1 Å². The quantitative estimate of drug-likeness (QED) is 0.592. The first-order valence-corrected chi connectivity index (χ1v) is 9.58. The highest BCUT2D eigenvalue weighted by atomic mass is 32.2. The molecular weight excluding hydrogens is 354 g/mol. The van der Waals surface area contributed by atoms with E-state index in [0.29, 0.717) is 5.56 Å². The minimum absolute atomic E-state index is 0.115. The van der Waals surface area contributed by atoms with Gasteiger partial charge in [-0.2, -0.15) is 0 Å². The lowest BCUT2D eigenvalue weighted by Crippen LogP contribution is -2.34. The van der Waals surface area contributed by atoms with E-state index >= 15 is 0 Å². The summed E-state index contributed by atoms with van der Waals surface area (Å²) < 4.78 is 27.7. The number of aryl methyl sites for hydroxylation is 2. The molecule has 0 heterocycles. The highest BCUT2D eigenvalue weighted by Gasteiger charge is 2.22. The number of nitrogens with zero attached hydrogens (tertiary/aromatic N) is 2. The van der Waals surface area contributed by atoms with Gasteiger partial charge in [-0.1, -0.05) is 35.9 Å². The van der Waals surface area contributed by atoms with Gasteiger partial charge in [0.1, 0.15) is 0 Å². The summed E-state index contributed by atoms with van der Waals surface area (Å²) >= 11 is 0. The molecule has 0 spiro atoms. The molecule has 0 saturated heterocycles. The van der Waals surface area contributed by atoms with Gasteiger partial charge >= 0.3 is 0 Å². The summed E-state index contributed by atoms with van der Waals surface area (Å²) in [5, 5.41) is 11.1. The fourth-order valence-electron chi connectivity index (χ4n) is 2.61. The topological polar surface area (TPSA) is 92.5 Å². The van der Waals surface area contributed by atoms with Crippen LogP contribution in [0.5, 0.6) is 0 Å². The molecule has 2 aromatic rings. The zero-order valence-corrected chi connectivity index (χ0v) is 16.1. The molecule has 0 aromatic heterocycles. The Kier molecular flexibility index (Phi) is 6.12. The van der Waals surface area contributed by atoms with Crippen molar-refractivity contribution in [2.75, 3.05) is 20.6 Å². The van der Waals surface area contributed by atoms with Crippen molar-refractivity contribution in [1.29, 1.82) is 0 Å². The van der Waals surface area contributed by atoms with E-state index in [4.69, 9.17) is 0 Å². The Bertz CT molecular complexity index is 893. The minimum Gasteiger partial charge on any atom is -0.301 e. The number of rotatable bonds is 7. The van der Waals surface area contributed by atoms with Crippen LogP contribution in [0.4, 0.5) is 5.69 Å². The Labute approximate surface area is 153 Å². The van der Waals surface area contributed by atoms with Gasteiger partial charge in [0.05, 0.1) is 9.82 Å². The molecule has 2 aromatic carbocycles. The van der Waals surface area contributed by atoms with Crippen LogP contribution in [0.1, 0.15) is 22.7 Å². The molecule has 0 fully saturated rings. The summed E-state index contributed by atoms with van der Waals surface area (Å²) in [4.78, 5) is 12.3. The molecule has 0 saturated carbocycles. The van der Waals surface area contributed by atoms with Crippen molar-refractivity contribution in [3.05, 3.63) is 69.3 Å². The van der Waals surface area contributed by atoms with Crippen molar-refractivity contribution in [3.63, 3.8) is 0 Å². The third-order valence-corrected chi connectivity index (χ3v) is 5.66. The van der Waals surface area contributed by atoms with Crippen LogP contribution >= 0.6 is 0 Å². The van der Waals surface area contributed by atoms with Crippen LogP contribution in [0, 0.1) is 24.0 Å². The van der Waals surface area contributed by atoms with Gasteiger partial charge in [-0.25, -0.2) is 13.1 Å². The number of hydrogen-bond donors (Lipinski definition) is 1. The Morgan fingerprint density at radius 1 is 1.12 bits per heavy atom. The first kappa shape index (κ1) is 20.0. The smallest absolute Gasteiger partial charge is 0.273 e. The second-order valence-electron chi connectivity index (χ2n) is 6.45. The molecule has 8 heteroatoms. The lowest BCUT2D eigenvalue weighted by atomic mass is 10.0. The lowest BCUT2D eigenvalue weighted by Gasteiger charge is -2.25. The standard InChI is InChI=1S/C18H23N3O4S/c1-13-5-8-15(9-6-13)18(20(3)4)12-19-26(24,25)16-10-7-14(2)17(11-16)21(22)23/h5-11,18-19H,12H2,1-4H3. The van der Waals surface area contributed by atoms with Crippen molar-refractivity contribution >= 4 is 15.7 Å². The molecule has 0 aliphatic carbocycles. The number of hydrogen-bond acceptors (Lipinski definition) is 5. The van der Waals surface area contributed by atoms with Gasteiger partial charge in [-0.05, 0) is 39.6 Å². The molecule has 1 N–H and O–H groups in total. The van der Waals surface area contributed by atoms with E-state index < -0.39 is 14.9 Å². The molecule has 0 radical (unpaired) electrons. The predicted octanol–water partition coefficient (Wildman–Crippen LogP) is 2.79. The average molecular weight is 377 g/mol. The fourth-order valence-corrected chi connectivity index (χ4v) is 3.67. The zero-order chi connectivity index (χ0) is 19.5. The van der Waals surface area contributed by atoms with Crippen molar-refractivity contribution in [2.45, 2.75) is 24.8 Å². The molecular formula is C18H23N3O4S. The Hall–Kier alpha value is -2.29. The fraction of sp³-hybridized carbons (Fsp3) is 0.333. The maximum Gasteiger partial charge on any atom is 0.273 e. The molecule has 26 heavy (non-hydrogen) atoms. The van der Waals surface area contributed by atoms with E-state index in [0.717, 1.165) is 17.2 Å². The molecule has 1 atom stereocenters. The van der Waals surface area contributed by atoms with E-state index in [1.165, 1.54) is 12.1 Å². The predicted molar refractivity (Wildman–Crippen MR) is 101 cm³/mol. The molecule has 2 rings (SSSR count).